The number of nitrogens with zero attached hydrogens (tertiary/aromatic N) is 5. The van der Waals surface area contributed by atoms with E-state index >= 15 is 0 Å². The summed E-state index contributed by atoms with van der Waals surface area (Å²) in [6.45, 7) is 2.07. The summed E-state index contributed by atoms with van der Waals surface area (Å²) >= 11 is 7.43. The lowest BCUT2D eigenvalue weighted by Crippen LogP contribution is -2.28. The predicted molar refractivity (Wildman–Crippen MR) is 119 cm³/mol. The molecule has 0 aliphatic carbocycles. The molecule has 0 unspecified atom stereocenters. The van der Waals surface area contributed by atoms with Crippen LogP contribution in [-0.2, 0) is 4.79 Å². The van der Waals surface area contributed by atoms with E-state index in [0.29, 0.717) is 10.2 Å². The number of amides is 1. The molecule has 1 atom stereocenters. The fourth-order valence-electron chi connectivity index (χ4n) is 2.73. The molecule has 0 saturated carbocycles. The number of halogens is 1. The molecule has 29 heavy (non-hydrogen) atoms. The van der Waals surface area contributed by atoms with Crippen molar-refractivity contribution in [2.75, 3.05) is 31.8 Å². The van der Waals surface area contributed by atoms with E-state index in [4.69, 9.17) is 11.6 Å². The minimum atomic E-state index is -0.00550. The van der Waals surface area contributed by atoms with Gasteiger partial charge in [0.25, 0.3) is 0 Å². The van der Waals surface area contributed by atoms with Gasteiger partial charge in [0.05, 0.1) is 11.8 Å². The summed E-state index contributed by atoms with van der Waals surface area (Å²) < 4.78 is 1.99. The molecule has 8 heteroatoms. The summed E-state index contributed by atoms with van der Waals surface area (Å²) in [6, 6.07) is 17.2. The fraction of sp³-hybridized carbons (Fsp3) is 0.286. The molecule has 0 fully saturated rings. The van der Waals surface area contributed by atoms with Gasteiger partial charge in [0.1, 0.15) is 0 Å². The van der Waals surface area contributed by atoms with E-state index in [1.165, 1.54) is 11.8 Å². The van der Waals surface area contributed by atoms with E-state index < -0.39 is 0 Å². The molecule has 6 nitrogen and oxygen atoms in total. The zero-order valence-electron chi connectivity index (χ0n) is 16.9. The standard InChI is InChI=1S/C21H24ClN5OS/c1-15(25(2)3)20-23-24-21(27(20)18-12-10-16(22)11-13-18)29-14-19(28)26(4)17-8-6-5-7-9-17/h5-13,15H,14H2,1-4H3/t15-/m0/s1. The fourth-order valence-corrected chi connectivity index (χ4v) is 3.73. The predicted octanol–water partition coefficient (Wildman–Crippen LogP) is 4.30. The van der Waals surface area contributed by atoms with Crippen molar-refractivity contribution in [1.82, 2.24) is 19.7 Å². The van der Waals surface area contributed by atoms with Gasteiger partial charge in [-0.2, -0.15) is 0 Å². The molecule has 0 saturated heterocycles. The van der Waals surface area contributed by atoms with E-state index in [9.17, 15) is 4.79 Å². The van der Waals surface area contributed by atoms with Crippen LogP contribution in [0.3, 0.4) is 0 Å². The lowest BCUT2D eigenvalue weighted by molar-refractivity contribution is -0.115. The van der Waals surface area contributed by atoms with Crippen molar-refractivity contribution < 1.29 is 4.79 Å². The Kier molecular flexibility index (Phi) is 6.95. The van der Waals surface area contributed by atoms with Crippen molar-refractivity contribution in [1.29, 1.82) is 0 Å². The summed E-state index contributed by atoms with van der Waals surface area (Å²) in [7, 11) is 5.77. The highest BCUT2D eigenvalue weighted by molar-refractivity contribution is 7.99. The van der Waals surface area contributed by atoms with Crippen molar-refractivity contribution in [3.8, 4) is 5.69 Å². The first-order chi connectivity index (χ1) is 13.9. The number of anilines is 1. The van der Waals surface area contributed by atoms with Gasteiger partial charge < -0.3 is 4.90 Å². The third-order valence-corrected chi connectivity index (χ3v) is 5.90. The van der Waals surface area contributed by atoms with Crippen LogP contribution in [0.5, 0.6) is 0 Å². The van der Waals surface area contributed by atoms with Gasteiger partial charge >= 0.3 is 0 Å². The van der Waals surface area contributed by atoms with Gasteiger partial charge in [-0.05, 0) is 57.4 Å². The van der Waals surface area contributed by atoms with E-state index in [0.717, 1.165) is 17.2 Å². The molecule has 152 valence electrons. The summed E-state index contributed by atoms with van der Waals surface area (Å²) in [5, 5.41) is 10.1. The first-order valence-corrected chi connectivity index (χ1v) is 10.6. The van der Waals surface area contributed by atoms with Gasteiger partial charge in [-0.25, -0.2) is 0 Å². The van der Waals surface area contributed by atoms with Crippen LogP contribution in [-0.4, -0.2) is 52.5 Å². The Balaban J connectivity index is 1.85. The summed E-state index contributed by atoms with van der Waals surface area (Å²) in [5.41, 5.74) is 1.77. The second kappa shape index (κ2) is 9.43. The number of para-hydroxylation sites is 1. The molecule has 0 N–H and O–H groups in total. The Morgan fingerprint density at radius 1 is 1.07 bits per heavy atom. The van der Waals surface area contributed by atoms with Crippen molar-refractivity contribution in [3.05, 3.63) is 65.4 Å². The van der Waals surface area contributed by atoms with Crippen LogP contribution in [0.2, 0.25) is 5.02 Å². The normalized spacial score (nSPS) is 12.2. The molecule has 0 aliphatic heterocycles. The van der Waals surface area contributed by atoms with Gasteiger partial charge in [0.2, 0.25) is 5.91 Å². The van der Waals surface area contributed by atoms with Crippen LogP contribution >= 0.6 is 23.4 Å². The molecule has 2 aromatic carbocycles. The maximum atomic E-state index is 12.7. The van der Waals surface area contributed by atoms with E-state index in [1.807, 2.05) is 73.3 Å². The third kappa shape index (κ3) is 4.98. The Hall–Kier alpha value is -2.35. The molecule has 0 spiro atoms. The van der Waals surface area contributed by atoms with Crippen LogP contribution in [0, 0.1) is 0 Å². The number of hydrogen-bond donors (Lipinski definition) is 0. The van der Waals surface area contributed by atoms with Crippen molar-refractivity contribution in [2.45, 2.75) is 18.1 Å². The highest BCUT2D eigenvalue weighted by Crippen LogP contribution is 2.28. The Morgan fingerprint density at radius 2 is 1.72 bits per heavy atom. The first-order valence-electron chi connectivity index (χ1n) is 9.20. The zero-order chi connectivity index (χ0) is 21.0. The molecule has 3 aromatic rings. The smallest absolute Gasteiger partial charge is 0.237 e. The van der Waals surface area contributed by atoms with Crippen LogP contribution in [0.1, 0.15) is 18.8 Å². The summed E-state index contributed by atoms with van der Waals surface area (Å²) in [4.78, 5) is 16.4. The van der Waals surface area contributed by atoms with Crippen LogP contribution in [0.4, 0.5) is 5.69 Å². The second-order valence-electron chi connectivity index (χ2n) is 6.87. The van der Waals surface area contributed by atoms with Crippen molar-refractivity contribution in [3.63, 3.8) is 0 Å². The molecule has 0 radical (unpaired) electrons. The van der Waals surface area contributed by atoms with Crippen LogP contribution in [0.15, 0.2) is 59.8 Å². The maximum Gasteiger partial charge on any atom is 0.237 e. The monoisotopic (exact) mass is 429 g/mol. The third-order valence-electron chi connectivity index (χ3n) is 4.73. The van der Waals surface area contributed by atoms with Crippen LogP contribution in [0.25, 0.3) is 5.69 Å². The molecule has 1 amide bonds. The van der Waals surface area contributed by atoms with Gasteiger partial charge in [0.15, 0.2) is 11.0 Å². The zero-order valence-corrected chi connectivity index (χ0v) is 18.5. The summed E-state index contributed by atoms with van der Waals surface area (Å²) in [5.74, 6) is 1.06. The number of benzene rings is 2. The number of rotatable bonds is 7. The molecular formula is C21H24ClN5OS. The minimum absolute atomic E-state index is 0.00550. The topological polar surface area (TPSA) is 54.3 Å². The summed E-state index contributed by atoms with van der Waals surface area (Å²) in [6.07, 6.45) is 0. The Labute approximate surface area is 180 Å². The van der Waals surface area contributed by atoms with Gasteiger partial charge in [-0.3, -0.25) is 14.3 Å². The highest BCUT2D eigenvalue weighted by atomic mass is 35.5. The molecule has 0 bridgehead atoms. The molecule has 3 rings (SSSR count). The molecule has 1 aromatic heterocycles. The number of carbonyl (C=O) groups is 1. The maximum absolute atomic E-state index is 12.7. The SMILES string of the molecule is C[C@@H](c1nnc(SCC(=O)N(C)c2ccccc2)n1-c1ccc(Cl)cc1)N(C)C. The molecular weight excluding hydrogens is 406 g/mol. The lowest BCUT2D eigenvalue weighted by Gasteiger charge is -2.21. The quantitative estimate of drug-likeness (QED) is 0.524. The Bertz CT molecular complexity index is 959. The minimum Gasteiger partial charge on any atom is -0.315 e. The highest BCUT2D eigenvalue weighted by Gasteiger charge is 2.22. The van der Waals surface area contributed by atoms with Crippen molar-refractivity contribution in [2.24, 2.45) is 0 Å². The average molecular weight is 430 g/mol. The van der Waals surface area contributed by atoms with Gasteiger partial charge in [-0.1, -0.05) is 41.6 Å². The lowest BCUT2D eigenvalue weighted by atomic mass is 10.2. The number of thioether (sulfide) groups is 1. The Morgan fingerprint density at radius 3 is 2.34 bits per heavy atom. The number of hydrogen-bond acceptors (Lipinski definition) is 5. The molecule has 0 aliphatic rings. The largest absolute Gasteiger partial charge is 0.315 e. The number of carbonyl (C=O) groups excluding carboxylic acids is 1. The molecule has 1 heterocycles. The van der Waals surface area contributed by atoms with Gasteiger partial charge in [0, 0.05) is 23.4 Å². The van der Waals surface area contributed by atoms with Crippen molar-refractivity contribution >= 4 is 35.0 Å². The van der Waals surface area contributed by atoms with E-state index in [1.54, 1.807) is 11.9 Å². The van der Waals surface area contributed by atoms with E-state index in [-0.39, 0.29) is 17.7 Å². The first kappa shape index (κ1) is 21.4. The van der Waals surface area contributed by atoms with E-state index in [2.05, 4.69) is 22.0 Å². The van der Waals surface area contributed by atoms with Crippen LogP contribution < -0.4 is 4.90 Å². The van der Waals surface area contributed by atoms with Gasteiger partial charge in [-0.15, -0.1) is 10.2 Å². The number of aromatic nitrogens is 3. The second-order valence-corrected chi connectivity index (χ2v) is 8.25. The average Bonchev–Trinajstić information content (AvgIpc) is 3.15.